The summed E-state index contributed by atoms with van der Waals surface area (Å²) in [6.07, 6.45) is 2.31. The highest BCUT2D eigenvalue weighted by atomic mass is 127. The van der Waals surface area contributed by atoms with Crippen LogP contribution in [-0.4, -0.2) is 71.8 Å². The summed E-state index contributed by atoms with van der Waals surface area (Å²) in [5.74, 6) is 0. The molecule has 0 saturated heterocycles. The third kappa shape index (κ3) is 18.9. The third-order valence-corrected chi connectivity index (χ3v) is 2.29. The molecule has 0 amide bonds. The highest BCUT2D eigenvalue weighted by molar-refractivity contribution is 4.35. The second-order valence-corrected chi connectivity index (χ2v) is 5.20. The number of hydrogen-bond donors (Lipinski definition) is 0. The Kier molecular flexibility index (Phi) is 16.2. The van der Waals surface area contributed by atoms with Crippen LogP contribution in [0.5, 0.6) is 0 Å². The van der Waals surface area contributed by atoms with Gasteiger partial charge in [0.25, 0.3) is 0 Å². The molecule has 0 aliphatic heterocycles. The molecule has 0 fully saturated rings. The van der Waals surface area contributed by atoms with E-state index in [1.807, 2.05) is 0 Å². The lowest BCUT2D eigenvalue weighted by Gasteiger charge is -2.23. The molecule has 0 aromatic heterocycles. The molecule has 0 aromatic rings. The number of ether oxygens (including phenoxy) is 3. The highest BCUT2D eigenvalue weighted by Gasteiger charge is 2.05. The van der Waals surface area contributed by atoms with Crippen LogP contribution in [-0.2, 0) is 14.2 Å². The highest BCUT2D eigenvalue weighted by Crippen LogP contribution is 1.90. The molecule has 0 radical (unpaired) electrons. The first-order chi connectivity index (χ1) is 8.06. The Hall–Kier alpha value is 0.570. The molecule has 0 aromatic carbocycles. The third-order valence-electron chi connectivity index (χ3n) is 2.29. The minimum Gasteiger partial charge on any atom is -1.00 e. The summed E-state index contributed by atoms with van der Waals surface area (Å²) in [5, 5.41) is 0. The van der Waals surface area contributed by atoms with Crippen molar-refractivity contribution in [2.45, 2.75) is 19.8 Å². The number of hydrogen-bond acceptors (Lipinski definition) is 3. The van der Waals surface area contributed by atoms with Crippen LogP contribution in [0, 0.1) is 0 Å². The normalized spacial score (nSPS) is 11.3. The summed E-state index contributed by atoms with van der Waals surface area (Å²) in [6.45, 7) is 7.53. The Morgan fingerprint density at radius 1 is 0.722 bits per heavy atom. The summed E-state index contributed by atoms with van der Waals surface area (Å²) in [7, 11) is 6.48. The quantitative estimate of drug-likeness (QED) is 0.237. The molecular formula is C13H30INO3. The molecule has 0 aliphatic carbocycles. The van der Waals surface area contributed by atoms with Gasteiger partial charge in [0.1, 0.15) is 6.54 Å². The topological polar surface area (TPSA) is 27.7 Å². The Morgan fingerprint density at radius 2 is 1.17 bits per heavy atom. The standard InChI is InChI=1S/C13H30NO3.HI/c1-5-6-8-15-10-12-17-13-11-16-9-7-14(2,3)4;/h5-13H2,1-4H3;1H/q+1;/p-1. The van der Waals surface area contributed by atoms with Gasteiger partial charge in [-0.1, -0.05) is 13.3 Å². The maximum atomic E-state index is 5.47. The largest absolute Gasteiger partial charge is 1.00 e. The van der Waals surface area contributed by atoms with Crippen LogP contribution >= 0.6 is 0 Å². The minimum atomic E-state index is 0. The zero-order valence-electron chi connectivity index (χ0n) is 12.4. The van der Waals surface area contributed by atoms with E-state index in [-0.39, 0.29) is 24.0 Å². The van der Waals surface area contributed by atoms with E-state index in [4.69, 9.17) is 14.2 Å². The zero-order valence-corrected chi connectivity index (χ0v) is 14.6. The number of nitrogens with zero attached hydrogens (tertiary/aromatic N) is 1. The molecule has 0 aliphatic rings. The second-order valence-electron chi connectivity index (χ2n) is 5.20. The molecule has 0 atom stereocenters. The Bertz CT molecular complexity index is 163. The Labute approximate surface area is 130 Å². The van der Waals surface area contributed by atoms with Crippen LogP contribution in [0.2, 0.25) is 0 Å². The van der Waals surface area contributed by atoms with Crippen molar-refractivity contribution in [1.29, 1.82) is 0 Å². The lowest BCUT2D eigenvalue weighted by atomic mass is 10.4. The molecule has 0 heterocycles. The van der Waals surface area contributed by atoms with Gasteiger partial charge in [-0.05, 0) is 6.42 Å². The van der Waals surface area contributed by atoms with E-state index in [0.717, 1.165) is 30.7 Å². The SMILES string of the molecule is CCCCOCCOCCOCC[N+](C)(C)C.[I-]. The lowest BCUT2D eigenvalue weighted by molar-refractivity contribution is -0.870. The van der Waals surface area contributed by atoms with Gasteiger partial charge >= 0.3 is 0 Å². The van der Waals surface area contributed by atoms with Crippen LogP contribution in [0.15, 0.2) is 0 Å². The molecule has 18 heavy (non-hydrogen) atoms. The number of rotatable bonds is 12. The first-order valence-electron chi connectivity index (χ1n) is 6.60. The average Bonchev–Trinajstić information content (AvgIpc) is 2.24. The summed E-state index contributed by atoms with van der Waals surface area (Å²) in [4.78, 5) is 0. The van der Waals surface area contributed by atoms with Gasteiger partial charge in [-0.2, -0.15) is 0 Å². The number of quaternary nitrogens is 1. The van der Waals surface area contributed by atoms with Crippen molar-refractivity contribution in [2.24, 2.45) is 0 Å². The maximum Gasteiger partial charge on any atom is 0.102 e. The van der Waals surface area contributed by atoms with Gasteiger partial charge in [0.15, 0.2) is 0 Å². The van der Waals surface area contributed by atoms with Crippen LogP contribution in [0.4, 0.5) is 0 Å². The molecule has 0 spiro atoms. The van der Waals surface area contributed by atoms with E-state index in [0.29, 0.717) is 26.4 Å². The van der Waals surface area contributed by atoms with Crippen molar-refractivity contribution in [1.82, 2.24) is 0 Å². The van der Waals surface area contributed by atoms with Gasteiger partial charge in [0.2, 0.25) is 0 Å². The van der Waals surface area contributed by atoms with Gasteiger partial charge in [0, 0.05) is 6.61 Å². The van der Waals surface area contributed by atoms with E-state index in [1.54, 1.807) is 0 Å². The number of unbranched alkanes of at least 4 members (excludes halogenated alkanes) is 1. The van der Waals surface area contributed by atoms with Crippen LogP contribution in [0.1, 0.15) is 19.8 Å². The fourth-order valence-electron chi connectivity index (χ4n) is 1.13. The van der Waals surface area contributed by atoms with Crippen molar-refractivity contribution < 1.29 is 42.7 Å². The Morgan fingerprint density at radius 3 is 1.61 bits per heavy atom. The average molecular weight is 375 g/mol. The molecule has 0 bridgehead atoms. The zero-order chi connectivity index (χ0) is 13.0. The molecule has 0 saturated carbocycles. The summed E-state index contributed by atoms with van der Waals surface area (Å²) in [6, 6.07) is 0. The van der Waals surface area contributed by atoms with Gasteiger partial charge < -0.3 is 42.7 Å². The minimum absolute atomic E-state index is 0. The summed E-state index contributed by atoms with van der Waals surface area (Å²) >= 11 is 0. The summed E-state index contributed by atoms with van der Waals surface area (Å²) < 4.78 is 17.2. The van der Waals surface area contributed by atoms with E-state index in [1.165, 1.54) is 6.42 Å². The van der Waals surface area contributed by atoms with Gasteiger partial charge in [-0.3, -0.25) is 0 Å². The van der Waals surface area contributed by atoms with E-state index in [9.17, 15) is 0 Å². The van der Waals surface area contributed by atoms with E-state index in [2.05, 4.69) is 28.1 Å². The molecule has 4 nitrogen and oxygen atoms in total. The van der Waals surface area contributed by atoms with Crippen molar-refractivity contribution in [3.05, 3.63) is 0 Å². The van der Waals surface area contributed by atoms with Gasteiger partial charge in [0.05, 0.1) is 54.2 Å². The summed E-state index contributed by atoms with van der Waals surface area (Å²) in [5.41, 5.74) is 0. The first kappa shape index (κ1) is 20.9. The van der Waals surface area contributed by atoms with Crippen molar-refractivity contribution in [3.8, 4) is 0 Å². The molecule has 0 N–H and O–H groups in total. The predicted molar refractivity (Wildman–Crippen MR) is 70.3 cm³/mol. The molecule has 5 heteroatoms. The number of halogens is 1. The van der Waals surface area contributed by atoms with Gasteiger partial charge in [-0.25, -0.2) is 0 Å². The lowest BCUT2D eigenvalue weighted by Crippen LogP contribution is -3.00. The number of likely N-dealkylation sites (N-methyl/N-ethyl adjacent to an activating group) is 1. The van der Waals surface area contributed by atoms with Crippen LogP contribution in [0.3, 0.4) is 0 Å². The smallest absolute Gasteiger partial charge is 0.102 e. The molecule has 0 unspecified atom stereocenters. The second kappa shape index (κ2) is 14.0. The monoisotopic (exact) mass is 375 g/mol. The van der Waals surface area contributed by atoms with Crippen LogP contribution < -0.4 is 24.0 Å². The molecule has 112 valence electrons. The van der Waals surface area contributed by atoms with Gasteiger partial charge in [-0.15, -0.1) is 0 Å². The van der Waals surface area contributed by atoms with E-state index >= 15 is 0 Å². The fourth-order valence-corrected chi connectivity index (χ4v) is 1.13. The van der Waals surface area contributed by atoms with Crippen molar-refractivity contribution >= 4 is 0 Å². The first-order valence-corrected chi connectivity index (χ1v) is 6.60. The fraction of sp³-hybridized carbons (Fsp3) is 1.00. The maximum absolute atomic E-state index is 5.47. The predicted octanol–water partition coefficient (Wildman–Crippen LogP) is -1.45. The van der Waals surface area contributed by atoms with Crippen LogP contribution in [0.25, 0.3) is 0 Å². The molecule has 0 rings (SSSR count). The van der Waals surface area contributed by atoms with E-state index < -0.39 is 0 Å². The van der Waals surface area contributed by atoms with Crippen molar-refractivity contribution in [2.75, 3.05) is 67.3 Å². The Balaban J connectivity index is 0. The van der Waals surface area contributed by atoms with Crippen molar-refractivity contribution in [3.63, 3.8) is 0 Å². The molecular weight excluding hydrogens is 345 g/mol.